The van der Waals surface area contributed by atoms with E-state index >= 15 is 0 Å². The maximum atomic E-state index is 3.58. The Balaban J connectivity index is 2.06. The van der Waals surface area contributed by atoms with Gasteiger partial charge in [-0.3, -0.25) is 0 Å². The van der Waals surface area contributed by atoms with Crippen molar-refractivity contribution in [2.45, 2.75) is 37.3 Å². The summed E-state index contributed by atoms with van der Waals surface area (Å²) in [5.74, 6) is 0. The second-order valence-electron chi connectivity index (χ2n) is 3.73. The number of nitrogens with one attached hydrogen (secondary N) is 1. The molecule has 2 heterocycles. The Morgan fingerprint density at radius 2 is 2.36 bits per heavy atom. The fourth-order valence-corrected chi connectivity index (χ4v) is 4.03. The van der Waals surface area contributed by atoms with Crippen molar-refractivity contribution in [3.05, 3.63) is 21.9 Å². The van der Waals surface area contributed by atoms with Crippen LogP contribution in [0, 0.1) is 0 Å². The summed E-state index contributed by atoms with van der Waals surface area (Å²) in [6.45, 7) is 5.71. The van der Waals surface area contributed by atoms with Crippen LogP contribution in [-0.2, 0) is 6.42 Å². The van der Waals surface area contributed by atoms with Crippen LogP contribution in [-0.4, -0.2) is 11.8 Å². The smallest absolute Gasteiger partial charge is 0.0885 e. The van der Waals surface area contributed by atoms with Gasteiger partial charge < -0.3 is 5.32 Å². The van der Waals surface area contributed by atoms with Gasteiger partial charge in [0, 0.05) is 15.0 Å². The zero-order chi connectivity index (χ0) is 9.97. The van der Waals surface area contributed by atoms with Crippen LogP contribution >= 0.6 is 23.1 Å². The zero-order valence-electron chi connectivity index (χ0n) is 8.75. The minimum Gasteiger partial charge on any atom is -0.301 e. The highest BCUT2D eigenvalue weighted by atomic mass is 32.2. The first kappa shape index (κ1) is 10.5. The highest BCUT2D eigenvalue weighted by molar-refractivity contribution is 8.00. The first-order valence-corrected chi connectivity index (χ1v) is 7.03. The molecule has 0 spiro atoms. The van der Waals surface area contributed by atoms with E-state index in [1.807, 2.05) is 11.3 Å². The standard InChI is InChI=1S/C11H17NS2/c1-3-9-4-5-10(14-9)11-12-7-6-8(2)13-11/h4-5,8,11-12H,3,6-7H2,1-2H3. The molecule has 3 heteroatoms. The molecule has 1 nitrogen and oxygen atoms in total. The van der Waals surface area contributed by atoms with Crippen molar-refractivity contribution in [2.75, 3.05) is 6.54 Å². The SMILES string of the molecule is CCc1ccc(C2NCCC(C)S2)s1. The lowest BCUT2D eigenvalue weighted by Crippen LogP contribution is -2.28. The van der Waals surface area contributed by atoms with Gasteiger partial charge in [-0.1, -0.05) is 13.8 Å². The van der Waals surface area contributed by atoms with Crippen molar-refractivity contribution >= 4 is 23.1 Å². The topological polar surface area (TPSA) is 12.0 Å². The van der Waals surface area contributed by atoms with Crippen LogP contribution in [0.1, 0.15) is 35.4 Å². The number of hydrogen-bond acceptors (Lipinski definition) is 3. The molecule has 1 aliphatic rings. The number of hydrogen-bond donors (Lipinski definition) is 1. The quantitative estimate of drug-likeness (QED) is 0.831. The van der Waals surface area contributed by atoms with Gasteiger partial charge >= 0.3 is 0 Å². The molecule has 1 N–H and O–H groups in total. The third-order valence-electron chi connectivity index (χ3n) is 2.54. The highest BCUT2D eigenvalue weighted by Crippen LogP contribution is 2.37. The molecule has 0 radical (unpaired) electrons. The minimum atomic E-state index is 0.545. The summed E-state index contributed by atoms with van der Waals surface area (Å²) in [5.41, 5.74) is 0. The van der Waals surface area contributed by atoms with Gasteiger partial charge in [0.25, 0.3) is 0 Å². The molecule has 0 bridgehead atoms. The number of thiophene rings is 1. The molecule has 0 saturated carbocycles. The van der Waals surface area contributed by atoms with Crippen LogP contribution in [0.3, 0.4) is 0 Å². The molecular formula is C11H17NS2. The van der Waals surface area contributed by atoms with Gasteiger partial charge in [-0.2, -0.15) is 0 Å². The summed E-state index contributed by atoms with van der Waals surface area (Å²) in [5, 5.41) is 4.92. The Morgan fingerprint density at radius 1 is 1.50 bits per heavy atom. The molecule has 78 valence electrons. The summed E-state index contributed by atoms with van der Waals surface area (Å²) in [7, 11) is 0. The Hall–Kier alpha value is 0.01000. The average molecular weight is 227 g/mol. The van der Waals surface area contributed by atoms with Crippen molar-refractivity contribution in [3.63, 3.8) is 0 Å². The van der Waals surface area contributed by atoms with Gasteiger partial charge in [0.1, 0.15) is 0 Å². The zero-order valence-corrected chi connectivity index (χ0v) is 10.4. The van der Waals surface area contributed by atoms with Crippen molar-refractivity contribution in [1.29, 1.82) is 0 Å². The lowest BCUT2D eigenvalue weighted by atomic mass is 10.3. The number of rotatable bonds is 2. The normalized spacial score (nSPS) is 27.9. The molecule has 1 aromatic heterocycles. The Kier molecular flexibility index (Phi) is 3.52. The maximum Gasteiger partial charge on any atom is 0.0885 e. The van der Waals surface area contributed by atoms with E-state index in [0.29, 0.717) is 5.37 Å². The van der Waals surface area contributed by atoms with Gasteiger partial charge in [0.05, 0.1) is 5.37 Å². The van der Waals surface area contributed by atoms with Crippen molar-refractivity contribution < 1.29 is 0 Å². The van der Waals surface area contributed by atoms with Crippen LogP contribution < -0.4 is 5.32 Å². The average Bonchev–Trinajstić information content (AvgIpc) is 2.66. The summed E-state index contributed by atoms with van der Waals surface area (Å²) >= 11 is 4.02. The summed E-state index contributed by atoms with van der Waals surface area (Å²) in [6, 6.07) is 4.55. The van der Waals surface area contributed by atoms with Crippen LogP contribution in [0.25, 0.3) is 0 Å². The molecule has 1 aromatic rings. The molecule has 14 heavy (non-hydrogen) atoms. The van der Waals surface area contributed by atoms with Gasteiger partial charge in [0.2, 0.25) is 0 Å². The van der Waals surface area contributed by atoms with E-state index < -0.39 is 0 Å². The molecule has 2 rings (SSSR count). The van der Waals surface area contributed by atoms with E-state index in [1.54, 1.807) is 0 Å². The van der Waals surface area contributed by atoms with E-state index in [1.165, 1.54) is 16.2 Å². The highest BCUT2D eigenvalue weighted by Gasteiger charge is 2.21. The summed E-state index contributed by atoms with van der Waals surface area (Å²) in [4.78, 5) is 3.00. The summed E-state index contributed by atoms with van der Waals surface area (Å²) in [6.07, 6.45) is 2.46. The second kappa shape index (κ2) is 4.69. The number of aryl methyl sites for hydroxylation is 1. The van der Waals surface area contributed by atoms with Crippen LogP contribution in [0.5, 0.6) is 0 Å². The van der Waals surface area contributed by atoms with Gasteiger partial charge in [-0.05, 0) is 31.5 Å². The van der Waals surface area contributed by atoms with E-state index in [0.717, 1.165) is 18.2 Å². The van der Waals surface area contributed by atoms with Crippen molar-refractivity contribution in [2.24, 2.45) is 0 Å². The lowest BCUT2D eigenvalue weighted by molar-refractivity contribution is 0.610. The van der Waals surface area contributed by atoms with Crippen molar-refractivity contribution in [1.82, 2.24) is 5.32 Å². The first-order valence-electron chi connectivity index (χ1n) is 5.27. The molecule has 1 aliphatic heterocycles. The monoisotopic (exact) mass is 227 g/mol. The Bertz CT molecular complexity index is 295. The fourth-order valence-electron chi connectivity index (χ4n) is 1.66. The van der Waals surface area contributed by atoms with Crippen LogP contribution in [0.15, 0.2) is 12.1 Å². The van der Waals surface area contributed by atoms with E-state index in [-0.39, 0.29) is 0 Å². The minimum absolute atomic E-state index is 0.545. The maximum absolute atomic E-state index is 3.58. The van der Waals surface area contributed by atoms with E-state index in [4.69, 9.17) is 0 Å². The van der Waals surface area contributed by atoms with Crippen LogP contribution in [0.2, 0.25) is 0 Å². The molecule has 0 aliphatic carbocycles. The predicted octanol–water partition coefficient (Wildman–Crippen LogP) is 3.42. The molecule has 2 atom stereocenters. The van der Waals surface area contributed by atoms with Gasteiger partial charge in [-0.25, -0.2) is 0 Å². The lowest BCUT2D eigenvalue weighted by Gasteiger charge is -2.26. The Morgan fingerprint density at radius 3 is 3.00 bits per heavy atom. The van der Waals surface area contributed by atoms with E-state index in [2.05, 4.69) is 43.1 Å². The molecule has 1 fully saturated rings. The molecule has 0 amide bonds. The van der Waals surface area contributed by atoms with E-state index in [9.17, 15) is 0 Å². The molecule has 0 aromatic carbocycles. The third-order valence-corrected chi connectivity index (χ3v) is 5.38. The molecule has 2 unspecified atom stereocenters. The second-order valence-corrected chi connectivity index (χ2v) is 6.48. The molecular weight excluding hydrogens is 210 g/mol. The first-order chi connectivity index (χ1) is 6.79. The summed E-state index contributed by atoms with van der Waals surface area (Å²) < 4.78 is 0. The third kappa shape index (κ3) is 2.33. The number of thioether (sulfide) groups is 1. The van der Waals surface area contributed by atoms with Crippen molar-refractivity contribution in [3.8, 4) is 0 Å². The Labute approximate surface area is 94.3 Å². The fraction of sp³-hybridized carbons (Fsp3) is 0.636. The van der Waals surface area contributed by atoms with Crippen LogP contribution in [0.4, 0.5) is 0 Å². The van der Waals surface area contributed by atoms with Gasteiger partial charge in [0.15, 0.2) is 0 Å². The molecule has 1 saturated heterocycles. The largest absolute Gasteiger partial charge is 0.301 e. The van der Waals surface area contributed by atoms with Gasteiger partial charge in [-0.15, -0.1) is 23.1 Å². The predicted molar refractivity (Wildman–Crippen MR) is 66.1 cm³/mol.